The molecule has 1 atom stereocenters. The Balaban J connectivity index is 1.47. The number of nitrogens with one attached hydrogen (secondary N) is 3. The minimum absolute atomic E-state index is 0.0121. The number of nitrogens with zero attached hydrogens (tertiary/aromatic N) is 4. The number of pyridine rings is 1. The van der Waals surface area contributed by atoms with Gasteiger partial charge in [-0.2, -0.15) is 13.2 Å². The van der Waals surface area contributed by atoms with E-state index >= 15 is 0 Å². The van der Waals surface area contributed by atoms with Gasteiger partial charge in [-0.15, -0.1) is 0 Å². The minimum atomic E-state index is -4.57. The molecule has 0 bridgehead atoms. The van der Waals surface area contributed by atoms with Gasteiger partial charge in [-0.3, -0.25) is 10.2 Å². The lowest BCUT2D eigenvalue weighted by molar-refractivity contribution is -0.137. The first-order valence-electron chi connectivity index (χ1n) is 13.1. The summed E-state index contributed by atoms with van der Waals surface area (Å²) in [6.07, 6.45) is -1.25. The second kappa shape index (κ2) is 12.0. The number of alkyl halides is 3. The standard InChI is InChI=1S/C28H31F3N8O3/c1-27(2,3)42-26(41)39-12-4-5-19(14-39)37-24-21(23(33)35-15-36-24)22(32)16-6-8-17(9-7-16)25(40)38-20-13-18(10-11-34-20)28(29,30)31/h6-11,13,15,19,32H,4-5,12,14H2,1-3H3,(H,34,38,40)(H3,33,35,36,37). The van der Waals surface area contributed by atoms with E-state index in [-0.39, 0.29) is 34.5 Å². The number of aromatic nitrogens is 3. The third-order valence-electron chi connectivity index (χ3n) is 6.31. The fraction of sp³-hybridized carbons (Fsp3) is 0.357. The number of benzene rings is 1. The fourth-order valence-corrected chi connectivity index (χ4v) is 4.33. The lowest BCUT2D eigenvalue weighted by atomic mass is 10.0. The number of amides is 2. The maximum absolute atomic E-state index is 13.0. The van der Waals surface area contributed by atoms with E-state index in [0.717, 1.165) is 31.2 Å². The van der Waals surface area contributed by atoms with Crippen LogP contribution in [0, 0.1) is 5.41 Å². The Kier molecular flexibility index (Phi) is 8.64. The predicted molar refractivity (Wildman–Crippen MR) is 150 cm³/mol. The summed E-state index contributed by atoms with van der Waals surface area (Å²) in [5.74, 6) is -0.531. The van der Waals surface area contributed by atoms with Crippen LogP contribution in [-0.4, -0.2) is 62.3 Å². The normalized spacial score (nSPS) is 15.6. The number of anilines is 3. The Bertz CT molecular complexity index is 1470. The highest BCUT2D eigenvalue weighted by Gasteiger charge is 2.31. The van der Waals surface area contributed by atoms with Crippen molar-refractivity contribution in [2.45, 2.75) is 51.4 Å². The number of hydrogen-bond donors (Lipinski definition) is 4. The average molecular weight is 585 g/mol. The van der Waals surface area contributed by atoms with Gasteiger partial charge >= 0.3 is 12.3 Å². The summed E-state index contributed by atoms with van der Waals surface area (Å²) >= 11 is 0. The molecular formula is C28H31F3N8O3. The van der Waals surface area contributed by atoms with E-state index < -0.39 is 29.3 Å². The maximum Gasteiger partial charge on any atom is 0.416 e. The molecule has 11 nitrogen and oxygen atoms in total. The topological polar surface area (TPSA) is 159 Å². The Hall–Kier alpha value is -4.75. The molecule has 5 N–H and O–H groups in total. The first-order chi connectivity index (χ1) is 19.7. The van der Waals surface area contributed by atoms with Crippen LogP contribution in [0.3, 0.4) is 0 Å². The molecule has 1 saturated heterocycles. The summed E-state index contributed by atoms with van der Waals surface area (Å²) in [7, 11) is 0. The molecular weight excluding hydrogens is 553 g/mol. The first-order valence-corrected chi connectivity index (χ1v) is 13.1. The third-order valence-corrected chi connectivity index (χ3v) is 6.31. The highest BCUT2D eigenvalue weighted by Crippen LogP contribution is 2.30. The SMILES string of the molecule is CC(C)(C)OC(=O)N1CCCC(Nc2ncnc(N)c2C(=N)c2ccc(C(=O)Nc3cc(C(F)(F)F)ccn3)cc2)C1. The number of carbonyl (C=O) groups excluding carboxylic acids is 2. The van der Waals surface area contributed by atoms with Crippen molar-refractivity contribution >= 4 is 35.2 Å². The molecule has 0 aliphatic carbocycles. The van der Waals surface area contributed by atoms with Crippen molar-refractivity contribution < 1.29 is 27.5 Å². The number of likely N-dealkylation sites (tertiary alicyclic amines) is 1. The van der Waals surface area contributed by atoms with E-state index in [1.807, 2.05) is 0 Å². The molecule has 2 amide bonds. The Morgan fingerprint density at radius 1 is 1.07 bits per heavy atom. The molecule has 1 fully saturated rings. The highest BCUT2D eigenvalue weighted by atomic mass is 19.4. The van der Waals surface area contributed by atoms with E-state index in [2.05, 4.69) is 25.6 Å². The molecule has 2 aromatic heterocycles. The fourth-order valence-electron chi connectivity index (χ4n) is 4.33. The number of nitrogens with two attached hydrogens (primary N) is 1. The average Bonchev–Trinajstić information content (AvgIpc) is 2.92. The maximum atomic E-state index is 13.0. The van der Waals surface area contributed by atoms with Gasteiger partial charge in [-0.25, -0.2) is 19.7 Å². The van der Waals surface area contributed by atoms with Crippen molar-refractivity contribution in [3.8, 4) is 0 Å². The van der Waals surface area contributed by atoms with Crippen molar-refractivity contribution in [2.75, 3.05) is 29.5 Å². The predicted octanol–water partition coefficient (Wildman–Crippen LogP) is 4.95. The molecule has 1 aromatic carbocycles. The van der Waals surface area contributed by atoms with Crippen LogP contribution in [0.2, 0.25) is 0 Å². The van der Waals surface area contributed by atoms with Crippen LogP contribution < -0.4 is 16.4 Å². The first kappa shape index (κ1) is 30.2. The van der Waals surface area contributed by atoms with Crippen LogP contribution in [0.5, 0.6) is 0 Å². The van der Waals surface area contributed by atoms with E-state index in [4.69, 9.17) is 15.9 Å². The van der Waals surface area contributed by atoms with E-state index in [1.54, 1.807) is 25.7 Å². The summed E-state index contributed by atoms with van der Waals surface area (Å²) < 4.78 is 44.4. The zero-order valence-corrected chi connectivity index (χ0v) is 23.2. The van der Waals surface area contributed by atoms with Gasteiger partial charge in [0.1, 0.15) is 29.4 Å². The smallest absolute Gasteiger partial charge is 0.416 e. The molecule has 1 unspecified atom stereocenters. The molecule has 1 aliphatic rings. The Labute approximate surface area is 240 Å². The third kappa shape index (κ3) is 7.50. The number of piperidine rings is 1. The molecule has 1 aliphatic heterocycles. The van der Waals surface area contributed by atoms with Crippen LogP contribution in [-0.2, 0) is 10.9 Å². The van der Waals surface area contributed by atoms with Gasteiger partial charge in [0, 0.05) is 36.5 Å². The van der Waals surface area contributed by atoms with Crippen molar-refractivity contribution in [3.05, 3.63) is 71.2 Å². The van der Waals surface area contributed by atoms with Gasteiger partial charge in [0.05, 0.1) is 16.8 Å². The monoisotopic (exact) mass is 584 g/mol. The van der Waals surface area contributed by atoms with Crippen LogP contribution in [0.25, 0.3) is 0 Å². The van der Waals surface area contributed by atoms with Gasteiger partial charge in [0.25, 0.3) is 5.91 Å². The number of ether oxygens (including phenoxy) is 1. The molecule has 0 spiro atoms. The largest absolute Gasteiger partial charge is 0.444 e. The Morgan fingerprint density at radius 2 is 1.76 bits per heavy atom. The highest BCUT2D eigenvalue weighted by molar-refractivity contribution is 6.16. The summed E-state index contributed by atoms with van der Waals surface area (Å²) in [5, 5.41) is 14.4. The van der Waals surface area contributed by atoms with Gasteiger partial charge in [-0.1, -0.05) is 12.1 Å². The zero-order valence-electron chi connectivity index (χ0n) is 23.2. The lowest BCUT2D eigenvalue weighted by Crippen LogP contribution is -2.47. The van der Waals surface area contributed by atoms with Crippen molar-refractivity contribution in [1.29, 1.82) is 5.41 Å². The molecule has 222 valence electrons. The van der Waals surface area contributed by atoms with E-state index in [9.17, 15) is 22.8 Å². The summed E-state index contributed by atoms with van der Waals surface area (Å²) in [6, 6.07) is 7.26. The second-order valence-electron chi connectivity index (χ2n) is 10.7. The molecule has 0 saturated carbocycles. The van der Waals surface area contributed by atoms with Gasteiger partial charge in [0.15, 0.2) is 0 Å². The lowest BCUT2D eigenvalue weighted by Gasteiger charge is -2.34. The molecule has 0 radical (unpaired) electrons. The zero-order chi connectivity index (χ0) is 30.7. The van der Waals surface area contributed by atoms with E-state index in [1.165, 1.54) is 30.6 Å². The van der Waals surface area contributed by atoms with Crippen LogP contribution >= 0.6 is 0 Å². The number of nitrogen functional groups attached to an aromatic ring is 1. The number of carbonyl (C=O) groups is 2. The van der Waals surface area contributed by atoms with Crippen molar-refractivity contribution in [3.63, 3.8) is 0 Å². The molecule has 14 heteroatoms. The molecule has 3 heterocycles. The van der Waals surface area contributed by atoms with Crippen LogP contribution in [0.4, 0.5) is 35.4 Å². The summed E-state index contributed by atoms with van der Waals surface area (Å²) in [4.78, 5) is 38.9. The summed E-state index contributed by atoms with van der Waals surface area (Å²) in [5.41, 5.74) is 5.37. The Morgan fingerprint density at radius 3 is 2.43 bits per heavy atom. The van der Waals surface area contributed by atoms with Crippen molar-refractivity contribution in [1.82, 2.24) is 19.9 Å². The number of hydrogen-bond acceptors (Lipinski definition) is 9. The molecule has 4 rings (SSSR count). The quantitative estimate of drug-likeness (QED) is 0.296. The van der Waals surface area contributed by atoms with Gasteiger partial charge < -0.3 is 26.0 Å². The van der Waals surface area contributed by atoms with Crippen LogP contribution in [0.1, 0.15) is 60.7 Å². The second-order valence-corrected chi connectivity index (χ2v) is 10.7. The minimum Gasteiger partial charge on any atom is -0.444 e. The van der Waals surface area contributed by atoms with Gasteiger partial charge in [0.2, 0.25) is 0 Å². The summed E-state index contributed by atoms with van der Waals surface area (Å²) in [6.45, 7) is 6.34. The number of rotatable bonds is 6. The van der Waals surface area contributed by atoms with Crippen LogP contribution in [0.15, 0.2) is 48.9 Å². The van der Waals surface area contributed by atoms with E-state index in [0.29, 0.717) is 24.5 Å². The molecule has 42 heavy (non-hydrogen) atoms. The van der Waals surface area contributed by atoms with Crippen molar-refractivity contribution in [2.24, 2.45) is 0 Å². The number of halogens is 3. The van der Waals surface area contributed by atoms with Gasteiger partial charge in [-0.05, 0) is 57.9 Å². The molecule has 3 aromatic rings.